The summed E-state index contributed by atoms with van der Waals surface area (Å²) < 4.78 is 5.09. The minimum absolute atomic E-state index is 0.0156. The Morgan fingerprint density at radius 2 is 2.09 bits per heavy atom. The van der Waals surface area contributed by atoms with Crippen molar-refractivity contribution in [3.05, 3.63) is 42.0 Å². The van der Waals surface area contributed by atoms with Gasteiger partial charge in [0.1, 0.15) is 0 Å². The van der Waals surface area contributed by atoms with Gasteiger partial charge in [-0.25, -0.2) is 4.79 Å². The number of hydrogen-bond donors (Lipinski definition) is 3. The molecule has 2 amide bonds. The highest BCUT2D eigenvalue weighted by Gasteiger charge is 2.22. The molecule has 0 fully saturated rings. The van der Waals surface area contributed by atoms with E-state index in [4.69, 9.17) is 9.84 Å². The number of carbonyl (C=O) groups is 1. The molecular weight excluding hydrogens is 280 g/mol. The topological polar surface area (TPSA) is 70.6 Å². The molecule has 0 saturated carbocycles. The second kappa shape index (κ2) is 8.56. The van der Waals surface area contributed by atoms with E-state index >= 15 is 0 Å². The molecule has 5 heteroatoms. The Morgan fingerprint density at radius 3 is 2.73 bits per heavy atom. The molecule has 122 valence electrons. The zero-order chi connectivity index (χ0) is 16.6. The Morgan fingerprint density at radius 1 is 1.36 bits per heavy atom. The molecule has 5 nitrogen and oxygen atoms in total. The van der Waals surface area contributed by atoms with Crippen LogP contribution in [0, 0.1) is 0 Å². The van der Waals surface area contributed by atoms with E-state index in [9.17, 15) is 4.79 Å². The fraction of sp³-hybridized carbons (Fsp3) is 0.471. The van der Waals surface area contributed by atoms with Gasteiger partial charge < -0.3 is 20.5 Å². The molecule has 0 atom stereocenters. The molecule has 0 radical (unpaired) electrons. The van der Waals surface area contributed by atoms with Crippen LogP contribution in [0.4, 0.5) is 4.79 Å². The van der Waals surface area contributed by atoms with Crippen molar-refractivity contribution in [2.24, 2.45) is 0 Å². The smallest absolute Gasteiger partial charge is 0.315 e. The first-order valence-electron chi connectivity index (χ1n) is 7.38. The number of aliphatic hydroxyl groups excluding tert-OH is 1. The first kappa shape index (κ1) is 18.2. The van der Waals surface area contributed by atoms with Crippen LogP contribution in [0.1, 0.15) is 31.9 Å². The summed E-state index contributed by atoms with van der Waals surface area (Å²) in [5, 5.41) is 14.3. The predicted molar refractivity (Wildman–Crippen MR) is 88.6 cm³/mol. The maximum absolute atomic E-state index is 11.9. The molecule has 3 N–H and O–H groups in total. The summed E-state index contributed by atoms with van der Waals surface area (Å²) in [6.07, 6.45) is 0. The summed E-state index contributed by atoms with van der Waals surface area (Å²) in [5.74, 6) is 0. The van der Waals surface area contributed by atoms with Crippen LogP contribution >= 0.6 is 0 Å². The number of benzene rings is 1. The number of carbonyl (C=O) groups excluding carboxylic acids is 1. The monoisotopic (exact) mass is 306 g/mol. The van der Waals surface area contributed by atoms with Gasteiger partial charge in [0.15, 0.2) is 0 Å². The zero-order valence-electron chi connectivity index (χ0n) is 13.6. The van der Waals surface area contributed by atoms with Gasteiger partial charge in [-0.2, -0.15) is 0 Å². The molecule has 0 heterocycles. The fourth-order valence-corrected chi connectivity index (χ4v) is 1.98. The van der Waals surface area contributed by atoms with E-state index in [0.29, 0.717) is 13.2 Å². The number of urea groups is 1. The van der Waals surface area contributed by atoms with Gasteiger partial charge in [0.25, 0.3) is 0 Å². The van der Waals surface area contributed by atoms with Crippen molar-refractivity contribution in [2.45, 2.75) is 26.3 Å². The molecule has 0 unspecified atom stereocenters. The normalized spacial score (nSPS) is 11.1. The lowest BCUT2D eigenvalue weighted by Gasteiger charge is -2.27. The summed E-state index contributed by atoms with van der Waals surface area (Å²) in [4.78, 5) is 11.9. The summed E-state index contributed by atoms with van der Waals surface area (Å²) in [6, 6.07) is 7.73. The predicted octanol–water partition coefficient (Wildman–Crippen LogP) is 2.26. The van der Waals surface area contributed by atoms with Crippen molar-refractivity contribution in [1.82, 2.24) is 10.6 Å². The van der Waals surface area contributed by atoms with Gasteiger partial charge >= 0.3 is 6.03 Å². The van der Waals surface area contributed by atoms with Crippen LogP contribution in [-0.4, -0.2) is 37.5 Å². The van der Waals surface area contributed by atoms with Crippen LogP contribution < -0.4 is 10.6 Å². The highest BCUT2D eigenvalue weighted by atomic mass is 16.5. The van der Waals surface area contributed by atoms with Gasteiger partial charge in [-0.15, -0.1) is 0 Å². The van der Waals surface area contributed by atoms with Crippen molar-refractivity contribution in [3.63, 3.8) is 0 Å². The number of rotatable bonds is 8. The lowest BCUT2D eigenvalue weighted by Crippen LogP contribution is -2.47. The summed E-state index contributed by atoms with van der Waals surface area (Å²) >= 11 is 0. The molecule has 0 aliphatic heterocycles. The van der Waals surface area contributed by atoms with E-state index in [-0.39, 0.29) is 19.2 Å². The van der Waals surface area contributed by atoms with Crippen LogP contribution in [-0.2, 0) is 10.3 Å². The quantitative estimate of drug-likeness (QED) is 0.645. The van der Waals surface area contributed by atoms with Gasteiger partial charge in [0, 0.05) is 6.54 Å². The Bertz CT molecular complexity index is 512. The van der Waals surface area contributed by atoms with E-state index in [2.05, 4.69) is 17.2 Å². The first-order valence-corrected chi connectivity index (χ1v) is 7.38. The maximum Gasteiger partial charge on any atom is 0.315 e. The minimum atomic E-state index is -0.499. The largest absolute Gasteiger partial charge is 0.394 e. The standard InChI is InChI=1S/C17H26N2O3/c1-13(2)14-6-5-7-15(12-14)17(3,4)19-16(21)18-8-10-22-11-9-20/h5-7,12,20H,1,8-11H2,2-4H3,(H2,18,19,21). The Kier molecular flexibility index (Phi) is 7.08. The van der Waals surface area contributed by atoms with Gasteiger partial charge in [-0.1, -0.05) is 30.4 Å². The fourth-order valence-electron chi connectivity index (χ4n) is 1.98. The second-order valence-corrected chi connectivity index (χ2v) is 5.70. The third-order valence-electron chi connectivity index (χ3n) is 3.27. The van der Waals surface area contributed by atoms with Gasteiger partial charge in [-0.05, 0) is 38.0 Å². The van der Waals surface area contributed by atoms with E-state index in [0.717, 1.165) is 16.7 Å². The summed E-state index contributed by atoms with van der Waals surface area (Å²) in [6.45, 7) is 10.8. The highest BCUT2D eigenvalue weighted by Crippen LogP contribution is 2.23. The molecule has 0 aliphatic carbocycles. The Balaban J connectivity index is 2.57. The number of allylic oxidation sites excluding steroid dienone is 1. The molecule has 0 aromatic heterocycles. The second-order valence-electron chi connectivity index (χ2n) is 5.70. The Hall–Kier alpha value is -1.85. The third-order valence-corrected chi connectivity index (χ3v) is 3.27. The number of amides is 2. The SMILES string of the molecule is C=C(C)c1cccc(C(C)(C)NC(=O)NCCOCCO)c1. The minimum Gasteiger partial charge on any atom is -0.394 e. The van der Waals surface area contributed by atoms with E-state index in [1.54, 1.807) is 0 Å². The molecule has 1 aromatic rings. The van der Waals surface area contributed by atoms with Crippen LogP contribution in [0.25, 0.3) is 5.57 Å². The molecular formula is C17H26N2O3. The average Bonchev–Trinajstić information content (AvgIpc) is 2.46. The molecule has 1 rings (SSSR count). The van der Waals surface area contributed by atoms with Crippen molar-refractivity contribution in [3.8, 4) is 0 Å². The molecule has 0 saturated heterocycles. The number of hydrogen-bond acceptors (Lipinski definition) is 3. The Labute approximate surface area is 132 Å². The van der Waals surface area contributed by atoms with Gasteiger partial charge in [-0.3, -0.25) is 0 Å². The molecule has 0 aliphatic rings. The van der Waals surface area contributed by atoms with Crippen LogP contribution in [0.5, 0.6) is 0 Å². The highest BCUT2D eigenvalue weighted by molar-refractivity contribution is 5.75. The average molecular weight is 306 g/mol. The van der Waals surface area contributed by atoms with Gasteiger partial charge in [0.05, 0.1) is 25.4 Å². The van der Waals surface area contributed by atoms with Crippen molar-refractivity contribution < 1.29 is 14.6 Å². The van der Waals surface area contributed by atoms with Crippen molar-refractivity contribution in [2.75, 3.05) is 26.4 Å². The van der Waals surface area contributed by atoms with Crippen LogP contribution in [0.2, 0.25) is 0 Å². The number of ether oxygens (including phenoxy) is 1. The van der Waals surface area contributed by atoms with E-state index in [1.807, 2.05) is 45.0 Å². The molecule has 1 aromatic carbocycles. The van der Waals surface area contributed by atoms with Crippen LogP contribution in [0.15, 0.2) is 30.8 Å². The summed E-state index contributed by atoms with van der Waals surface area (Å²) in [5.41, 5.74) is 2.56. The third kappa shape index (κ3) is 5.87. The van der Waals surface area contributed by atoms with Crippen molar-refractivity contribution >= 4 is 11.6 Å². The molecule has 22 heavy (non-hydrogen) atoms. The number of nitrogens with one attached hydrogen (secondary N) is 2. The lowest BCUT2D eigenvalue weighted by atomic mass is 9.92. The lowest BCUT2D eigenvalue weighted by molar-refractivity contribution is 0.0945. The first-order chi connectivity index (χ1) is 10.4. The summed E-state index contributed by atoms with van der Waals surface area (Å²) in [7, 11) is 0. The van der Waals surface area contributed by atoms with Crippen LogP contribution in [0.3, 0.4) is 0 Å². The van der Waals surface area contributed by atoms with Crippen molar-refractivity contribution in [1.29, 1.82) is 0 Å². The zero-order valence-corrected chi connectivity index (χ0v) is 13.6. The maximum atomic E-state index is 11.9. The molecule has 0 spiro atoms. The van der Waals surface area contributed by atoms with E-state index in [1.165, 1.54) is 0 Å². The number of aliphatic hydroxyl groups is 1. The molecule has 0 bridgehead atoms. The van der Waals surface area contributed by atoms with E-state index < -0.39 is 5.54 Å². The van der Waals surface area contributed by atoms with Gasteiger partial charge in [0.2, 0.25) is 0 Å².